The number of rotatable bonds is 5. The molecule has 5 nitrogen and oxygen atoms in total. The first-order valence-electron chi connectivity index (χ1n) is 9.81. The molecule has 0 atom stereocenters. The number of thiazole rings is 1. The number of hydrogen-bond acceptors (Lipinski definition) is 5. The maximum atomic E-state index is 13.5. The predicted molar refractivity (Wildman–Crippen MR) is 113 cm³/mol. The van der Waals surface area contributed by atoms with Gasteiger partial charge in [0.15, 0.2) is 0 Å². The van der Waals surface area contributed by atoms with Gasteiger partial charge in [-0.05, 0) is 30.2 Å². The van der Waals surface area contributed by atoms with Crippen molar-refractivity contribution in [1.82, 2.24) is 14.8 Å². The molecule has 4 rings (SSSR count). The normalized spacial score (nSPS) is 15.5. The lowest BCUT2D eigenvalue weighted by molar-refractivity contribution is 0.0759. The lowest BCUT2D eigenvalue weighted by atomic mass is 10.0. The van der Waals surface area contributed by atoms with Crippen LogP contribution in [0.3, 0.4) is 0 Å². The molecule has 0 unspecified atom stereocenters. The van der Waals surface area contributed by atoms with Gasteiger partial charge in [0.2, 0.25) is 0 Å². The highest BCUT2D eigenvalue weighted by atomic mass is 32.1. The summed E-state index contributed by atoms with van der Waals surface area (Å²) in [4.78, 5) is 22.3. The molecule has 0 spiro atoms. The number of carbonyl (C=O) groups is 1. The zero-order valence-electron chi connectivity index (χ0n) is 16.1. The van der Waals surface area contributed by atoms with Crippen molar-refractivity contribution < 1.29 is 9.53 Å². The Labute approximate surface area is 169 Å². The molecule has 146 valence electrons. The Bertz CT molecular complexity index is 942. The van der Waals surface area contributed by atoms with E-state index in [2.05, 4.69) is 9.88 Å². The standard InChI is InChI=1S/C22H25N3O2S/c1-2-27-19-9-8-17-6-3-4-7-18(17)21(19)22(26)25-12-5-11-24(13-14-25)16-20-23-10-15-28-20/h3-4,6-10,15H,2,5,11-14,16H2,1H3. The van der Waals surface area contributed by atoms with E-state index in [-0.39, 0.29) is 5.91 Å². The van der Waals surface area contributed by atoms with E-state index >= 15 is 0 Å². The Morgan fingerprint density at radius 2 is 2.04 bits per heavy atom. The largest absolute Gasteiger partial charge is 0.493 e. The summed E-state index contributed by atoms with van der Waals surface area (Å²) in [6.07, 6.45) is 2.81. The first-order chi connectivity index (χ1) is 13.8. The fraction of sp³-hybridized carbons (Fsp3) is 0.364. The van der Waals surface area contributed by atoms with Crippen LogP contribution in [0.5, 0.6) is 5.75 Å². The van der Waals surface area contributed by atoms with Gasteiger partial charge in [-0.3, -0.25) is 9.69 Å². The van der Waals surface area contributed by atoms with Crippen molar-refractivity contribution >= 4 is 28.0 Å². The van der Waals surface area contributed by atoms with Gasteiger partial charge in [-0.1, -0.05) is 30.3 Å². The number of fused-ring (bicyclic) bond motifs is 1. The molecule has 28 heavy (non-hydrogen) atoms. The smallest absolute Gasteiger partial charge is 0.258 e. The third-order valence-corrected chi connectivity index (χ3v) is 5.89. The Balaban J connectivity index is 1.56. The number of nitrogens with zero attached hydrogens (tertiary/aromatic N) is 3. The maximum Gasteiger partial charge on any atom is 0.258 e. The van der Waals surface area contributed by atoms with Crippen LogP contribution in [-0.2, 0) is 6.54 Å². The summed E-state index contributed by atoms with van der Waals surface area (Å²) >= 11 is 1.69. The van der Waals surface area contributed by atoms with Crippen molar-refractivity contribution in [3.63, 3.8) is 0 Å². The van der Waals surface area contributed by atoms with Crippen LogP contribution < -0.4 is 4.74 Å². The van der Waals surface area contributed by atoms with Gasteiger partial charge in [-0.25, -0.2) is 4.98 Å². The van der Waals surface area contributed by atoms with Crippen LogP contribution in [0, 0.1) is 0 Å². The lowest BCUT2D eigenvalue weighted by Crippen LogP contribution is -2.35. The minimum atomic E-state index is 0.0661. The number of carbonyl (C=O) groups excluding carboxylic acids is 1. The summed E-state index contributed by atoms with van der Waals surface area (Å²) < 4.78 is 5.81. The second-order valence-corrected chi connectivity index (χ2v) is 7.92. The topological polar surface area (TPSA) is 45.7 Å². The fourth-order valence-corrected chi connectivity index (χ4v) is 4.42. The number of aromatic nitrogens is 1. The summed E-state index contributed by atoms with van der Waals surface area (Å²) in [6.45, 7) is 6.68. The molecule has 0 N–H and O–H groups in total. The lowest BCUT2D eigenvalue weighted by Gasteiger charge is -2.23. The monoisotopic (exact) mass is 395 g/mol. The average Bonchev–Trinajstić information content (AvgIpc) is 3.11. The first-order valence-corrected chi connectivity index (χ1v) is 10.7. The third kappa shape index (κ3) is 4.03. The molecule has 6 heteroatoms. The van der Waals surface area contributed by atoms with Crippen LogP contribution in [0.4, 0.5) is 0 Å². The molecular weight excluding hydrogens is 370 g/mol. The van der Waals surface area contributed by atoms with E-state index in [4.69, 9.17) is 4.74 Å². The van der Waals surface area contributed by atoms with Crippen molar-refractivity contribution in [2.75, 3.05) is 32.8 Å². The van der Waals surface area contributed by atoms with Crippen molar-refractivity contribution in [3.05, 3.63) is 58.5 Å². The van der Waals surface area contributed by atoms with Gasteiger partial charge < -0.3 is 9.64 Å². The summed E-state index contributed by atoms with van der Waals surface area (Å²) in [5.41, 5.74) is 0.688. The molecule has 1 aromatic heterocycles. The van der Waals surface area contributed by atoms with Gasteiger partial charge >= 0.3 is 0 Å². The van der Waals surface area contributed by atoms with Crippen LogP contribution in [0.2, 0.25) is 0 Å². The highest BCUT2D eigenvalue weighted by Gasteiger charge is 2.25. The molecule has 0 aliphatic carbocycles. The molecule has 0 saturated carbocycles. The molecule has 1 saturated heterocycles. The highest BCUT2D eigenvalue weighted by molar-refractivity contribution is 7.09. The van der Waals surface area contributed by atoms with Gasteiger partial charge in [-0.2, -0.15) is 0 Å². The summed E-state index contributed by atoms with van der Waals surface area (Å²) in [7, 11) is 0. The van der Waals surface area contributed by atoms with E-state index in [0.29, 0.717) is 17.9 Å². The zero-order chi connectivity index (χ0) is 19.3. The summed E-state index contributed by atoms with van der Waals surface area (Å²) in [5, 5.41) is 5.17. The second kappa shape index (κ2) is 8.71. The number of ether oxygens (including phenoxy) is 1. The van der Waals surface area contributed by atoms with Gasteiger partial charge in [0.05, 0.1) is 18.7 Å². The zero-order valence-corrected chi connectivity index (χ0v) is 17.0. The Morgan fingerprint density at radius 1 is 1.14 bits per heavy atom. The number of benzene rings is 2. The predicted octanol–water partition coefficient (Wildman–Crippen LogP) is 4.04. The molecule has 1 aliphatic rings. The Hall–Kier alpha value is -2.44. The molecule has 1 amide bonds. The van der Waals surface area contributed by atoms with Crippen LogP contribution in [0.1, 0.15) is 28.7 Å². The fourth-order valence-electron chi connectivity index (χ4n) is 3.76. The molecule has 0 bridgehead atoms. The van der Waals surface area contributed by atoms with Crippen LogP contribution >= 0.6 is 11.3 Å². The first kappa shape index (κ1) is 18.9. The molecule has 0 radical (unpaired) electrons. The van der Waals surface area contributed by atoms with Gasteiger partial charge in [0.1, 0.15) is 10.8 Å². The van der Waals surface area contributed by atoms with E-state index in [9.17, 15) is 4.79 Å². The Morgan fingerprint density at radius 3 is 2.86 bits per heavy atom. The van der Waals surface area contributed by atoms with E-state index in [0.717, 1.165) is 54.9 Å². The van der Waals surface area contributed by atoms with E-state index < -0.39 is 0 Å². The van der Waals surface area contributed by atoms with Crippen molar-refractivity contribution in [1.29, 1.82) is 0 Å². The number of amides is 1. The van der Waals surface area contributed by atoms with Crippen LogP contribution in [0.15, 0.2) is 48.0 Å². The van der Waals surface area contributed by atoms with Crippen LogP contribution in [-0.4, -0.2) is 53.5 Å². The van der Waals surface area contributed by atoms with Gasteiger partial charge in [-0.15, -0.1) is 11.3 Å². The molecule has 1 fully saturated rings. The quantitative estimate of drug-likeness (QED) is 0.654. The van der Waals surface area contributed by atoms with Crippen molar-refractivity contribution in [2.24, 2.45) is 0 Å². The minimum absolute atomic E-state index is 0.0661. The molecular formula is C22H25N3O2S. The van der Waals surface area contributed by atoms with E-state index in [1.54, 1.807) is 11.3 Å². The molecule has 2 aromatic carbocycles. The highest BCUT2D eigenvalue weighted by Crippen LogP contribution is 2.30. The van der Waals surface area contributed by atoms with E-state index in [1.165, 1.54) is 0 Å². The number of hydrogen-bond donors (Lipinski definition) is 0. The minimum Gasteiger partial charge on any atom is -0.493 e. The van der Waals surface area contributed by atoms with Gasteiger partial charge in [0.25, 0.3) is 5.91 Å². The Kier molecular flexibility index (Phi) is 5.88. The molecule has 2 heterocycles. The van der Waals surface area contributed by atoms with E-state index in [1.807, 2.05) is 59.8 Å². The van der Waals surface area contributed by atoms with Gasteiger partial charge in [0, 0.05) is 37.8 Å². The molecule has 1 aliphatic heterocycles. The van der Waals surface area contributed by atoms with Crippen LogP contribution in [0.25, 0.3) is 10.8 Å². The van der Waals surface area contributed by atoms with Crippen molar-refractivity contribution in [3.8, 4) is 5.75 Å². The molecule has 3 aromatic rings. The third-order valence-electron chi connectivity index (χ3n) is 5.12. The maximum absolute atomic E-state index is 13.5. The average molecular weight is 396 g/mol. The van der Waals surface area contributed by atoms with Crippen molar-refractivity contribution in [2.45, 2.75) is 19.9 Å². The SMILES string of the molecule is CCOc1ccc2ccccc2c1C(=O)N1CCCN(Cc2nccs2)CC1. The summed E-state index contributed by atoms with van der Waals surface area (Å²) in [6, 6.07) is 12.0. The second-order valence-electron chi connectivity index (χ2n) is 6.94. The summed E-state index contributed by atoms with van der Waals surface area (Å²) in [5.74, 6) is 0.742.